The summed E-state index contributed by atoms with van der Waals surface area (Å²) in [7, 11) is 2.19. The van der Waals surface area contributed by atoms with E-state index >= 15 is 0 Å². The van der Waals surface area contributed by atoms with Crippen LogP contribution in [-0.4, -0.2) is 53.3 Å². The number of fused-ring (bicyclic) bond motifs is 2. The maximum Gasteiger partial charge on any atom is 0.157 e. The van der Waals surface area contributed by atoms with Crippen molar-refractivity contribution in [3.8, 4) is 0 Å². The van der Waals surface area contributed by atoms with E-state index in [2.05, 4.69) is 48.0 Å². The summed E-state index contributed by atoms with van der Waals surface area (Å²) in [6.07, 6.45) is 2.79. The highest BCUT2D eigenvalue weighted by molar-refractivity contribution is 8.01. The molecule has 166 valence electrons. The van der Waals surface area contributed by atoms with Crippen molar-refractivity contribution >= 4 is 34.6 Å². The van der Waals surface area contributed by atoms with Gasteiger partial charge in [0.05, 0.1) is 14.9 Å². The van der Waals surface area contributed by atoms with Crippen molar-refractivity contribution in [2.24, 2.45) is 4.99 Å². The van der Waals surface area contributed by atoms with Crippen LogP contribution in [0.3, 0.4) is 0 Å². The highest BCUT2D eigenvalue weighted by atomic mass is 32.2. The number of aryl methyl sites for hydroxylation is 2. The highest BCUT2D eigenvalue weighted by Gasteiger charge is 2.31. The molecule has 1 saturated heterocycles. The second-order valence-corrected chi connectivity index (χ2v) is 10.7. The number of halogens is 1. The zero-order valence-electron chi connectivity index (χ0n) is 18.4. The predicted octanol–water partition coefficient (Wildman–Crippen LogP) is 5.64. The molecule has 4 nitrogen and oxygen atoms in total. The molecule has 0 saturated carbocycles. The summed E-state index contributed by atoms with van der Waals surface area (Å²) in [6, 6.07) is 15.7. The van der Waals surface area contributed by atoms with Crippen LogP contribution in [0.4, 0.5) is 10.1 Å². The first-order chi connectivity index (χ1) is 15.6. The predicted molar refractivity (Wildman–Crippen MR) is 131 cm³/mol. The number of thiazole rings is 1. The zero-order valence-corrected chi connectivity index (χ0v) is 20.1. The van der Waals surface area contributed by atoms with Crippen LogP contribution in [0.15, 0.2) is 62.6 Å². The van der Waals surface area contributed by atoms with Gasteiger partial charge in [0.1, 0.15) is 11.5 Å². The molecule has 0 radical (unpaired) electrons. The van der Waals surface area contributed by atoms with E-state index in [4.69, 9.17) is 9.98 Å². The first-order valence-corrected chi connectivity index (χ1v) is 12.8. The van der Waals surface area contributed by atoms with E-state index in [0.29, 0.717) is 6.04 Å². The zero-order chi connectivity index (χ0) is 22.1. The van der Waals surface area contributed by atoms with Crippen molar-refractivity contribution in [1.29, 1.82) is 0 Å². The van der Waals surface area contributed by atoms with Gasteiger partial charge in [0.2, 0.25) is 0 Å². The number of piperazine rings is 1. The maximum atomic E-state index is 13.6. The topological polar surface area (TPSA) is 31.7 Å². The number of aromatic nitrogens is 1. The Bertz CT molecular complexity index is 1140. The van der Waals surface area contributed by atoms with Crippen LogP contribution in [0.2, 0.25) is 0 Å². The van der Waals surface area contributed by atoms with Crippen molar-refractivity contribution < 1.29 is 4.39 Å². The molecule has 2 aliphatic heterocycles. The number of likely N-dealkylation sites (N-methyl/N-ethyl adjacent to an activating group) is 1. The van der Waals surface area contributed by atoms with Crippen LogP contribution in [0, 0.1) is 5.82 Å². The van der Waals surface area contributed by atoms with Gasteiger partial charge in [-0.25, -0.2) is 14.4 Å². The number of benzene rings is 2. The SMILES string of the molecule is CCc1nc2c(s1)Sc1ccccc1N=C2N1CCN(C)[C@@H](CCc2cccc(F)c2)C1. The second kappa shape index (κ2) is 9.33. The summed E-state index contributed by atoms with van der Waals surface area (Å²) in [6.45, 7) is 4.96. The minimum absolute atomic E-state index is 0.159. The number of aliphatic imine (C=N–C) groups is 1. The van der Waals surface area contributed by atoms with Crippen molar-refractivity contribution in [1.82, 2.24) is 14.8 Å². The molecule has 32 heavy (non-hydrogen) atoms. The molecular formula is C25H27FN4S2. The summed E-state index contributed by atoms with van der Waals surface area (Å²) in [5.74, 6) is 0.838. The number of rotatable bonds is 4. The Morgan fingerprint density at radius 2 is 2.00 bits per heavy atom. The molecule has 0 aliphatic carbocycles. The lowest BCUT2D eigenvalue weighted by Crippen LogP contribution is -2.53. The molecule has 7 heteroatoms. The van der Waals surface area contributed by atoms with Crippen LogP contribution in [-0.2, 0) is 12.8 Å². The van der Waals surface area contributed by atoms with Crippen molar-refractivity contribution in [3.05, 3.63) is 70.6 Å². The third kappa shape index (κ3) is 4.47. The van der Waals surface area contributed by atoms with Crippen molar-refractivity contribution in [2.75, 3.05) is 26.7 Å². The molecule has 0 unspecified atom stereocenters. The molecule has 0 bridgehead atoms. The quantitative estimate of drug-likeness (QED) is 0.498. The van der Waals surface area contributed by atoms with Crippen LogP contribution >= 0.6 is 23.1 Å². The molecule has 5 rings (SSSR count). The molecule has 1 atom stereocenters. The number of hydrogen-bond donors (Lipinski definition) is 0. The third-order valence-corrected chi connectivity index (χ3v) is 8.62. The Hall–Kier alpha value is -2.22. The van der Waals surface area contributed by atoms with Gasteiger partial charge in [0, 0.05) is 30.6 Å². The summed E-state index contributed by atoms with van der Waals surface area (Å²) in [4.78, 5) is 16.2. The molecule has 0 amide bonds. The van der Waals surface area contributed by atoms with Crippen molar-refractivity contribution in [2.45, 2.75) is 41.3 Å². The van der Waals surface area contributed by atoms with Crippen molar-refractivity contribution in [3.63, 3.8) is 0 Å². The van der Waals surface area contributed by atoms with Crippen LogP contribution < -0.4 is 0 Å². The van der Waals surface area contributed by atoms with Gasteiger partial charge in [-0.15, -0.1) is 11.3 Å². The molecule has 0 N–H and O–H groups in total. The molecule has 2 aliphatic rings. The standard InChI is InChI=1S/C25H27FN4S2/c1-3-22-28-23-24(27-20-9-4-5-10-21(20)31-25(23)32-22)30-14-13-29(2)19(16-30)12-11-17-7-6-8-18(26)15-17/h4-10,15,19H,3,11-14,16H2,1-2H3/t19-/m0/s1. The van der Waals surface area contributed by atoms with Gasteiger partial charge in [-0.1, -0.05) is 43.0 Å². The summed E-state index contributed by atoms with van der Waals surface area (Å²) in [5, 5.41) is 1.16. The Kier molecular flexibility index (Phi) is 6.31. The lowest BCUT2D eigenvalue weighted by atomic mass is 10.0. The lowest BCUT2D eigenvalue weighted by molar-refractivity contribution is 0.134. The lowest BCUT2D eigenvalue weighted by Gasteiger charge is -2.40. The van der Waals surface area contributed by atoms with E-state index in [9.17, 15) is 4.39 Å². The number of amidine groups is 1. The van der Waals surface area contributed by atoms with E-state index in [1.807, 2.05) is 6.07 Å². The molecule has 1 aromatic heterocycles. The van der Waals surface area contributed by atoms with E-state index in [0.717, 1.165) is 66.7 Å². The van der Waals surface area contributed by atoms with E-state index in [1.165, 1.54) is 15.2 Å². The minimum Gasteiger partial charge on any atom is -0.352 e. The molecule has 1 fully saturated rings. The summed E-state index contributed by atoms with van der Waals surface area (Å²) in [5.41, 5.74) is 3.11. The van der Waals surface area contributed by atoms with E-state index in [1.54, 1.807) is 35.2 Å². The fraction of sp³-hybridized carbons (Fsp3) is 0.360. The molecule has 0 spiro atoms. The van der Waals surface area contributed by atoms with Gasteiger partial charge in [0.15, 0.2) is 5.84 Å². The molecule has 3 aromatic rings. The Balaban J connectivity index is 1.42. The minimum atomic E-state index is -0.159. The molecule has 2 aromatic carbocycles. The first kappa shape index (κ1) is 21.6. The fourth-order valence-electron chi connectivity index (χ4n) is 4.31. The Labute approximate surface area is 197 Å². The van der Waals surface area contributed by atoms with Crippen LogP contribution in [0.5, 0.6) is 0 Å². The molecular weight excluding hydrogens is 439 g/mol. The van der Waals surface area contributed by atoms with Gasteiger partial charge in [-0.05, 0) is 56.1 Å². The normalized spacial score (nSPS) is 18.7. The van der Waals surface area contributed by atoms with Gasteiger partial charge < -0.3 is 4.90 Å². The maximum absolute atomic E-state index is 13.6. The summed E-state index contributed by atoms with van der Waals surface area (Å²) < 4.78 is 14.8. The summed E-state index contributed by atoms with van der Waals surface area (Å²) >= 11 is 3.57. The molecule has 3 heterocycles. The number of hydrogen-bond acceptors (Lipinski definition) is 6. The third-order valence-electron chi connectivity index (χ3n) is 6.18. The van der Waals surface area contributed by atoms with E-state index in [-0.39, 0.29) is 5.82 Å². The smallest absolute Gasteiger partial charge is 0.157 e. The Morgan fingerprint density at radius 1 is 1.12 bits per heavy atom. The fourth-order valence-corrected chi connectivity index (χ4v) is 6.56. The number of nitrogens with zero attached hydrogens (tertiary/aromatic N) is 4. The second-order valence-electron chi connectivity index (χ2n) is 8.35. The number of para-hydroxylation sites is 1. The largest absolute Gasteiger partial charge is 0.352 e. The van der Waals surface area contributed by atoms with Gasteiger partial charge in [0.25, 0.3) is 0 Å². The Morgan fingerprint density at radius 3 is 2.84 bits per heavy atom. The average molecular weight is 467 g/mol. The average Bonchev–Trinajstić information content (AvgIpc) is 3.14. The van der Waals surface area contributed by atoms with Crippen LogP contribution in [0.25, 0.3) is 0 Å². The van der Waals surface area contributed by atoms with Gasteiger partial charge in [-0.2, -0.15) is 0 Å². The van der Waals surface area contributed by atoms with Crippen LogP contribution in [0.1, 0.15) is 29.6 Å². The monoisotopic (exact) mass is 466 g/mol. The highest BCUT2D eigenvalue weighted by Crippen LogP contribution is 2.43. The van der Waals surface area contributed by atoms with Gasteiger partial charge in [-0.3, -0.25) is 4.90 Å². The first-order valence-electron chi connectivity index (χ1n) is 11.2. The van der Waals surface area contributed by atoms with Gasteiger partial charge >= 0.3 is 0 Å². The van der Waals surface area contributed by atoms with E-state index < -0.39 is 0 Å².